The number of carbonyl (C=O) groups excluding carboxylic acids is 2. The zero-order chi connectivity index (χ0) is 24.1. The summed E-state index contributed by atoms with van der Waals surface area (Å²) in [5, 5.41) is 2.72. The highest BCUT2D eigenvalue weighted by atomic mass is 35.5. The van der Waals surface area contributed by atoms with Crippen LogP contribution in [-0.2, 0) is 19.6 Å². The molecule has 0 bridgehead atoms. The molecule has 0 saturated heterocycles. The SMILES string of the molecule is COc1ccccc1N(C)S(=O)(=O)c1ccc(Cl)c(C(=O)OCC(=O)N[C@@H](C)C(C)C)c1. The highest BCUT2D eigenvalue weighted by molar-refractivity contribution is 7.92. The van der Waals surface area contributed by atoms with Gasteiger partial charge in [0.25, 0.3) is 15.9 Å². The first-order valence-corrected chi connectivity index (χ1v) is 11.7. The molecule has 1 atom stereocenters. The van der Waals surface area contributed by atoms with Gasteiger partial charge < -0.3 is 14.8 Å². The number of amides is 1. The van der Waals surface area contributed by atoms with E-state index in [0.29, 0.717) is 11.4 Å². The van der Waals surface area contributed by atoms with Crippen molar-refractivity contribution in [2.75, 3.05) is 25.1 Å². The zero-order valence-corrected chi connectivity index (χ0v) is 20.2. The maximum atomic E-state index is 13.1. The summed E-state index contributed by atoms with van der Waals surface area (Å²) in [7, 11) is -1.23. The van der Waals surface area contributed by atoms with Gasteiger partial charge in [0.15, 0.2) is 6.61 Å². The van der Waals surface area contributed by atoms with Crippen LogP contribution in [0.2, 0.25) is 5.02 Å². The number of ether oxygens (including phenoxy) is 2. The van der Waals surface area contributed by atoms with Crippen molar-refractivity contribution in [3.05, 3.63) is 53.1 Å². The number of nitrogens with zero attached hydrogens (tertiary/aromatic N) is 1. The second kappa shape index (κ2) is 10.7. The molecule has 1 amide bonds. The number of para-hydroxylation sites is 2. The molecule has 0 aliphatic carbocycles. The van der Waals surface area contributed by atoms with Crippen LogP contribution in [0.3, 0.4) is 0 Å². The predicted octanol–water partition coefficient (Wildman–Crippen LogP) is 3.49. The number of sulfonamides is 1. The lowest BCUT2D eigenvalue weighted by atomic mass is 10.1. The number of hydrogen-bond donors (Lipinski definition) is 1. The number of halogens is 1. The quantitative estimate of drug-likeness (QED) is 0.549. The van der Waals surface area contributed by atoms with Crippen LogP contribution in [0.15, 0.2) is 47.4 Å². The van der Waals surface area contributed by atoms with Crippen LogP contribution < -0.4 is 14.4 Å². The summed E-state index contributed by atoms with van der Waals surface area (Å²) >= 11 is 6.10. The first-order valence-electron chi connectivity index (χ1n) is 9.87. The fraction of sp³-hybridized carbons (Fsp3) is 0.364. The molecular weight excluding hydrogens is 456 g/mol. The molecule has 0 spiro atoms. The average molecular weight is 483 g/mol. The lowest BCUT2D eigenvalue weighted by Crippen LogP contribution is -2.38. The number of rotatable bonds is 9. The minimum Gasteiger partial charge on any atom is -0.495 e. The Kier molecular flexibility index (Phi) is 8.51. The van der Waals surface area contributed by atoms with Gasteiger partial charge in [-0.3, -0.25) is 9.10 Å². The third-order valence-electron chi connectivity index (χ3n) is 4.96. The minimum atomic E-state index is -4.05. The van der Waals surface area contributed by atoms with E-state index in [1.807, 2.05) is 20.8 Å². The normalized spacial score (nSPS) is 12.2. The number of methoxy groups -OCH3 is 1. The largest absolute Gasteiger partial charge is 0.495 e. The van der Waals surface area contributed by atoms with Crippen molar-refractivity contribution in [3.63, 3.8) is 0 Å². The Morgan fingerprint density at radius 3 is 2.41 bits per heavy atom. The van der Waals surface area contributed by atoms with Crippen LogP contribution >= 0.6 is 11.6 Å². The second-order valence-corrected chi connectivity index (χ2v) is 9.84. The number of benzene rings is 2. The lowest BCUT2D eigenvalue weighted by molar-refractivity contribution is -0.125. The second-order valence-electron chi connectivity index (χ2n) is 7.46. The van der Waals surface area contributed by atoms with Gasteiger partial charge in [-0.2, -0.15) is 0 Å². The lowest BCUT2D eigenvalue weighted by Gasteiger charge is -2.22. The van der Waals surface area contributed by atoms with Gasteiger partial charge in [-0.05, 0) is 43.2 Å². The molecule has 2 aromatic rings. The molecule has 174 valence electrons. The smallest absolute Gasteiger partial charge is 0.340 e. The van der Waals surface area contributed by atoms with Gasteiger partial charge in [0.05, 0.1) is 28.3 Å². The fourth-order valence-electron chi connectivity index (χ4n) is 2.67. The van der Waals surface area contributed by atoms with Crippen LogP contribution in [0.25, 0.3) is 0 Å². The average Bonchev–Trinajstić information content (AvgIpc) is 2.76. The van der Waals surface area contributed by atoms with E-state index in [4.69, 9.17) is 21.1 Å². The van der Waals surface area contributed by atoms with Crippen molar-refractivity contribution in [3.8, 4) is 5.75 Å². The van der Waals surface area contributed by atoms with Gasteiger partial charge in [0, 0.05) is 13.1 Å². The molecule has 0 saturated carbocycles. The van der Waals surface area contributed by atoms with Crippen LogP contribution in [0.1, 0.15) is 31.1 Å². The van der Waals surface area contributed by atoms with Crippen molar-refractivity contribution in [2.45, 2.75) is 31.7 Å². The molecule has 2 rings (SSSR count). The third kappa shape index (κ3) is 5.92. The Morgan fingerprint density at radius 2 is 1.78 bits per heavy atom. The van der Waals surface area contributed by atoms with E-state index in [-0.39, 0.29) is 27.4 Å². The first-order chi connectivity index (χ1) is 15.0. The first kappa shape index (κ1) is 25.5. The summed E-state index contributed by atoms with van der Waals surface area (Å²) in [5.41, 5.74) is 0.163. The highest BCUT2D eigenvalue weighted by Crippen LogP contribution is 2.32. The summed E-state index contributed by atoms with van der Waals surface area (Å²) < 4.78 is 37.6. The monoisotopic (exact) mass is 482 g/mol. The van der Waals surface area contributed by atoms with Gasteiger partial charge in [0.1, 0.15) is 5.75 Å². The molecule has 32 heavy (non-hydrogen) atoms. The molecule has 10 heteroatoms. The Bertz CT molecular complexity index is 1090. The van der Waals surface area contributed by atoms with E-state index in [9.17, 15) is 18.0 Å². The fourth-order valence-corrected chi connectivity index (χ4v) is 4.10. The number of esters is 1. The molecule has 0 radical (unpaired) electrons. The van der Waals surface area contributed by atoms with Gasteiger partial charge in [-0.15, -0.1) is 0 Å². The molecular formula is C22H27ClN2O6S. The third-order valence-corrected chi connectivity index (χ3v) is 7.06. The Hall–Kier alpha value is -2.78. The summed E-state index contributed by atoms with van der Waals surface area (Å²) in [4.78, 5) is 24.3. The van der Waals surface area contributed by atoms with Crippen molar-refractivity contribution >= 4 is 39.2 Å². The van der Waals surface area contributed by atoms with Crippen molar-refractivity contribution in [2.24, 2.45) is 5.92 Å². The van der Waals surface area contributed by atoms with E-state index in [1.165, 1.54) is 26.3 Å². The van der Waals surface area contributed by atoms with Gasteiger partial charge >= 0.3 is 5.97 Å². The summed E-state index contributed by atoms with van der Waals surface area (Å²) in [6.45, 7) is 5.23. The number of hydrogen-bond acceptors (Lipinski definition) is 6. The zero-order valence-electron chi connectivity index (χ0n) is 18.6. The van der Waals surface area contributed by atoms with Gasteiger partial charge in [-0.1, -0.05) is 37.6 Å². The highest BCUT2D eigenvalue weighted by Gasteiger charge is 2.26. The number of nitrogens with one attached hydrogen (secondary N) is 1. The molecule has 0 aliphatic rings. The van der Waals surface area contributed by atoms with Crippen LogP contribution in [0.5, 0.6) is 5.75 Å². The van der Waals surface area contributed by atoms with Crippen molar-refractivity contribution < 1.29 is 27.5 Å². The number of carbonyl (C=O) groups is 2. The molecule has 0 unspecified atom stereocenters. The molecule has 0 heterocycles. The Labute approximate surface area is 193 Å². The van der Waals surface area contributed by atoms with Gasteiger partial charge in [-0.25, -0.2) is 13.2 Å². The molecule has 8 nitrogen and oxygen atoms in total. The van der Waals surface area contributed by atoms with E-state index in [2.05, 4.69) is 5.32 Å². The maximum Gasteiger partial charge on any atom is 0.340 e. The molecule has 0 aromatic heterocycles. The van der Waals surface area contributed by atoms with Crippen molar-refractivity contribution in [1.82, 2.24) is 5.32 Å². The van der Waals surface area contributed by atoms with Crippen LogP contribution in [-0.4, -0.2) is 47.1 Å². The van der Waals surface area contributed by atoms with Crippen molar-refractivity contribution in [1.29, 1.82) is 0 Å². The summed E-state index contributed by atoms with van der Waals surface area (Å²) in [6, 6.07) is 10.2. The molecule has 1 N–H and O–H groups in total. The number of anilines is 1. The van der Waals surface area contributed by atoms with E-state index < -0.39 is 28.5 Å². The standard InChI is InChI=1S/C22H27ClN2O6S/c1-14(2)15(3)24-21(26)13-31-22(27)17-12-16(10-11-18(17)23)32(28,29)25(4)19-8-6-7-9-20(19)30-5/h6-12,14-15H,13H2,1-5H3,(H,24,26)/t15-/m0/s1. The van der Waals surface area contributed by atoms with Crippen LogP contribution in [0.4, 0.5) is 5.69 Å². The Balaban J connectivity index is 2.24. The topological polar surface area (TPSA) is 102 Å². The predicted molar refractivity (Wildman–Crippen MR) is 123 cm³/mol. The van der Waals surface area contributed by atoms with E-state index >= 15 is 0 Å². The molecule has 0 aliphatic heterocycles. The Morgan fingerprint density at radius 1 is 1.12 bits per heavy atom. The van der Waals surface area contributed by atoms with E-state index in [1.54, 1.807) is 24.3 Å². The maximum absolute atomic E-state index is 13.1. The molecule has 0 fully saturated rings. The van der Waals surface area contributed by atoms with Gasteiger partial charge in [0.2, 0.25) is 0 Å². The summed E-state index contributed by atoms with van der Waals surface area (Å²) in [6.07, 6.45) is 0. The van der Waals surface area contributed by atoms with Crippen LogP contribution in [0, 0.1) is 5.92 Å². The summed E-state index contributed by atoms with van der Waals surface area (Å²) in [5.74, 6) is -0.783. The minimum absolute atomic E-state index is 0.00449. The van der Waals surface area contributed by atoms with E-state index in [0.717, 1.165) is 10.4 Å². The molecule has 2 aromatic carbocycles.